The Morgan fingerprint density at radius 1 is 1.03 bits per heavy atom. The van der Waals surface area contributed by atoms with Crippen LogP contribution in [0.3, 0.4) is 0 Å². The minimum atomic E-state index is -0.0735. The number of benzene rings is 2. The summed E-state index contributed by atoms with van der Waals surface area (Å²) in [5.74, 6) is 1.17. The zero-order valence-electron chi connectivity index (χ0n) is 16.9. The van der Waals surface area contributed by atoms with Gasteiger partial charge in [0.05, 0.1) is 19.4 Å². The molecule has 6 nitrogen and oxygen atoms in total. The van der Waals surface area contributed by atoms with Crippen molar-refractivity contribution < 1.29 is 18.7 Å². The van der Waals surface area contributed by atoms with Crippen molar-refractivity contribution in [3.05, 3.63) is 59.9 Å². The van der Waals surface area contributed by atoms with E-state index in [1.54, 1.807) is 7.11 Å². The first-order valence-corrected chi connectivity index (χ1v) is 9.98. The number of nitrogens with zero attached hydrogens (tertiary/aromatic N) is 2. The second kappa shape index (κ2) is 8.57. The third kappa shape index (κ3) is 3.80. The molecule has 2 aromatic carbocycles. The summed E-state index contributed by atoms with van der Waals surface area (Å²) in [6.07, 6.45) is 0. The topological polar surface area (TPSA) is 55.2 Å². The van der Waals surface area contributed by atoms with Crippen LogP contribution in [0.5, 0.6) is 5.75 Å². The molecule has 0 aliphatic carbocycles. The monoisotopic (exact) mass is 394 g/mol. The van der Waals surface area contributed by atoms with Crippen LogP contribution in [0.2, 0.25) is 0 Å². The number of para-hydroxylation sites is 3. The molecule has 1 fully saturated rings. The maximum Gasteiger partial charge on any atom is 0.290 e. The van der Waals surface area contributed by atoms with Crippen LogP contribution in [0.25, 0.3) is 11.0 Å². The van der Waals surface area contributed by atoms with E-state index in [0.717, 1.165) is 41.1 Å². The predicted octanol–water partition coefficient (Wildman–Crippen LogP) is 3.94. The molecule has 0 unspecified atom stereocenters. The van der Waals surface area contributed by atoms with Crippen LogP contribution >= 0.6 is 0 Å². The van der Waals surface area contributed by atoms with Crippen LogP contribution in [0.15, 0.2) is 52.9 Å². The van der Waals surface area contributed by atoms with Gasteiger partial charge in [-0.3, -0.25) is 4.79 Å². The molecule has 152 valence electrons. The summed E-state index contributed by atoms with van der Waals surface area (Å²) in [7, 11) is 1.68. The Bertz CT molecular complexity index is 989. The van der Waals surface area contributed by atoms with Gasteiger partial charge in [0.2, 0.25) is 0 Å². The summed E-state index contributed by atoms with van der Waals surface area (Å²) < 4.78 is 17.0. The minimum Gasteiger partial charge on any atom is -0.495 e. The number of fused-ring (bicyclic) bond motifs is 1. The molecule has 1 aliphatic rings. The lowest BCUT2D eigenvalue weighted by atomic mass is 10.1. The summed E-state index contributed by atoms with van der Waals surface area (Å²) in [5, 5.41) is 0.942. The van der Waals surface area contributed by atoms with Crippen molar-refractivity contribution in [2.24, 2.45) is 0 Å². The predicted molar refractivity (Wildman–Crippen MR) is 113 cm³/mol. The molecule has 1 amide bonds. The van der Waals surface area contributed by atoms with Gasteiger partial charge in [-0.2, -0.15) is 0 Å². The number of hydrogen-bond donors (Lipinski definition) is 0. The summed E-state index contributed by atoms with van der Waals surface area (Å²) in [4.78, 5) is 17.4. The molecule has 6 heteroatoms. The number of piperazine rings is 1. The fourth-order valence-electron chi connectivity index (χ4n) is 3.80. The molecule has 0 bridgehead atoms. The Labute approximate surface area is 170 Å². The summed E-state index contributed by atoms with van der Waals surface area (Å²) in [6, 6.07) is 15.7. The second-order valence-electron chi connectivity index (χ2n) is 6.99. The molecule has 0 atom stereocenters. The normalized spacial score (nSPS) is 14.4. The molecule has 0 radical (unpaired) electrons. The third-order valence-corrected chi connectivity index (χ3v) is 5.34. The lowest BCUT2D eigenvalue weighted by Crippen LogP contribution is -2.49. The molecule has 0 spiro atoms. The molecule has 2 heterocycles. The first-order valence-electron chi connectivity index (χ1n) is 9.98. The molecule has 1 aromatic heterocycles. The molecule has 1 saturated heterocycles. The van der Waals surface area contributed by atoms with E-state index >= 15 is 0 Å². The van der Waals surface area contributed by atoms with Crippen molar-refractivity contribution in [3.63, 3.8) is 0 Å². The highest BCUT2D eigenvalue weighted by Crippen LogP contribution is 2.30. The van der Waals surface area contributed by atoms with Crippen LogP contribution in [-0.2, 0) is 11.3 Å². The number of rotatable bonds is 6. The lowest BCUT2D eigenvalue weighted by Gasteiger charge is -2.36. The quantitative estimate of drug-likeness (QED) is 0.634. The van der Waals surface area contributed by atoms with Crippen molar-refractivity contribution in [2.45, 2.75) is 13.5 Å². The van der Waals surface area contributed by atoms with E-state index in [9.17, 15) is 4.79 Å². The highest BCUT2D eigenvalue weighted by Gasteiger charge is 2.28. The average molecular weight is 394 g/mol. The van der Waals surface area contributed by atoms with Gasteiger partial charge in [0, 0.05) is 43.7 Å². The fourth-order valence-corrected chi connectivity index (χ4v) is 3.80. The summed E-state index contributed by atoms with van der Waals surface area (Å²) >= 11 is 0. The largest absolute Gasteiger partial charge is 0.495 e. The lowest BCUT2D eigenvalue weighted by molar-refractivity contribution is 0.0706. The number of furan rings is 1. The van der Waals surface area contributed by atoms with Crippen LogP contribution in [0, 0.1) is 0 Å². The molecule has 4 rings (SSSR count). The van der Waals surface area contributed by atoms with E-state index in [-0.39, 0.29) is 5.91 Å². The van der Waals surface area contributed by atoms with E-state index in [0.29, 0.717) is 32.1 Å². The first-order chi connectivity index (χ1) is 14.2. The van der Waals surface area contributed by atoms with Gasteiger partial charge in [-0.05, 0) is 25.1 Å². The molecular weight excluding hydrogens is 368 g/mol. The third-order valence-electron chi connectivity index (χ3n) is 5.34. The number of methoxy groups -OCH3 is 1. The van der Waals surface area contributed by atoms with Crippen molar-refractivity contribution in [2.75, 3.05) is 44.8 Å². The molecule has 0 saturated carbocycles. The Morgan fingerprint density at radius 3 is 2.52 bits per heavy atom. The van der Waals surface area contributed by atoms with E-state index in [1.807, 2.05) is 54.3 Å². The Balaban J connectivity index is 1.53. The minimum absolute atomic E-state index is 0.0735. The number of amides is 1. The zero-order chi connectivity index (χ0) is 20.2. The van der Waals surface area contributed by atoms with Crippen molar-refractivity contribution in [1.82, 2.24) is 4.90 Å². The standard InChI is InChI=1S/C23H26N2O4/c1-3-28-16-18-17-8-4-6-10-20(17)29-22(18)23(26)25-14-12-24(13-15-25)19-9-5-7-11-21(19)27-2/h4-11H,3,12-16H2,1-2H3. The van der Waals surface area contributed by atoms with E-state index < -0.39 is 0 Å². The van der Waals surface area contributed by atoms with Gasteiger partial charge in [0.15, 0.2) is 5.76 Å². The van der Waals surface area contributed by atoms with Crippen LogP contribution in [0.1, 0.15) is 23.0 Å². The number of carbonyl (C=O) groups excluding carboxylic acids is 1. The molecule has 3 aromatic rings. The van der Waals surface area contributed by atoms with Crippen molar-refractivity contribution in [1.29, 1.82) is 0 Å². The van der Waals surface area contributed by atoms with Gasteiger partial charge < -0.3 is 23.7 Å². The summed E-state index contributed by atoms with van der Waals surface area (Å²) in [6.45, 7) is 5.64. The van der Waals surface area contributed by atoms with Crippen LogP contribution < -0.4 is 9.64 Å². The highest BCUT2D eigenvalue weighted by atomic mass is 16.5. The van der Waals surface area contributed by atoms with Gasteiger partial charge in [-0.25, -0.2) is 0 Å². The van der Waals surface area contributed by atoms with Crippen LogP contribution in [0.4, 0.5) is 5.69 Å². The van der Waals surface area contributed by atoms with Crippen LogP contribution in [-0.4, -0.2) is 50.7 Å². The fraction of sp³-hybridized carbons (Fsp3) is 0.348. The van der Waals surface area contributed by atoms with Gasteiger partial charge >= 0.3 is 0 Å². The smallest absolute Gasteiger partial charge is 0.290 e. The van der Waals surface area contributed by atoms with Gasteiger partial charge in [-0.15, -0.1) is 0 Å². The summed E-state index contributed by atoms with van der Waals surface area (Å²) in [5.41, 5.74) is 2.61. The zero-order valence-corrected chi connectivity index (χ0v) is 16.9. The van der Waals surface area contributed by atoms with Crippen molar-refractivity contribution >= 4 is 22.6 Å². The van der Waals surface area contributed by atoms with Gasteiger partial charge in [0.25, 0.3) is 5.91 Å². The molecular formula is C23H26N2O4. The Hall–Kier alpha value is -2.99. The maximum atomic E-state index is 13.3. The second-order valence-corrected chi connectivity index (χ2v) is 6.99. The first kappa shape index (κ1) is 19.3. The number of anilines is 1. The van der Waals surface area contributed by atoms with Gasteiger partial charge in [0.1, 0.15) is 11.3 Å². The maximum absolute atomic E-state index is 13.3. The molecule has 29 heavy (non-hydrogen) atoms. The van der Waals surface area contributed by atoms with E-state index in [2.05, 4.69) is 11.0 Å². The van der Waals surface area contributed by atoms with E-state index in [4.69, 9.17) is 13.9 Å². The van der Waals surface area contributed by atoms with E-state index in [1.165, 1.54) is 0 Å². The molecule has 0 N–H and O–H groups in total. The number of carbonyl (C=O) groups is 1. The number of ether oxygens (including phenoxy) is 2. The number of hydrogen-bond acceptors (Lipinski definition) is 5. The Morgan fingerprint density at radius 2 is 1.76 bits per heavy atom. The molecule has 1 aliphatic heterocycles. The van der Waals surface area contributed by atoms with Gasteiger partial charge in [-0.1, -0.05) is 30.3 Å². The van der Waals surface area contributed by atoms with Crippen molar-refractivity contribution in [3.8, 4) is 5.75 Å². The SMILES string of the molecule is CCOCc1c(C(=O)N2CCN(c3ccccc3OC)CC2)oc2ccccc12. The Kier molecular flexibility index (Phi) is 5.71. The average Bonchev–Trinajstić information content (AvgIpc) is 3.15. The highest BCUT2D eigenvalue weighted by molar-refractivity contribution is 5.99.